The first kappa shape index (κ1) is 19.8. The average Bonchev–Trinajstić information content (AvgIpc) is 2.59. The molecule has 2 aromatic rings. The number of para-hydroxylation sites is 2. The van der Waals surface area contributed by atoms with Gasteiger partial charge in [-0.15, -0.1) is 0 Å². The van der Waals surface area contributed by atoms with Crippen molar-refractivity contribution in [2.75, 3.05) is 11.9 Å². The summed E-state index contributed by atoms with van der Waals surface area (Å²) in [4.78, 5) is 23.2. The van der Waals surface area contributed by atoms with Crippen molar-refractivity contribution in [3.63, 3.8) is 0 Å². The van der Waals surface area contributed by atoms with Crippen molar-refractivity contribution >= 4 is 46.5 Å². The Bertz CT molecular complexity index is 816. The normalized spacial score (nSPS) is 12.0. The van der Waals surface area contributed by atoms with Crippen LogP contribution in [0.2, 0.25) is 10.0 Å². The number of benzene rings is 2. The molecule has 0 bridgehead atoms. The molecule has 136 valence electrons. The van der Waals surface area contributed by atoms with Crippen LogP contribution in [0.3, 0.4) is 0 Å². The zero-order valence-corrected chi connectivity index (χ0v) is 15.4. The van der Waals surface area contributed by atoms with E-state index < -0.39 is 17.9 Å². The van der Waals surface area contributed by atoms with Crippen LogP contribution >= 0.6 is 23.2 Å². The average molecular weight is 394 g/mol. The number of carboxylic acid groups (broad SMARTS) is 1. The van der Waals surface area contributed by atoms with Crippen molar-refractivity contribution in [1.82, 2.24) is 0 Å². The molecule has 0 saturated heterocycles. The van der Waals surface area contributed by atoms with Gasteiger partial charge in [0.2, 0.25) is 0 Å². The second-order valence-electron chi connectivity index (χ2n) is 5.33. The first-order chi connectivity index (χ1) is 12.4. The Hall–Kier alpha value is -2.50. The highest BCUT2D eigenvalue weighted by Crippen LogP contribution is 2.35. The zero-order chi connectivity index (χ0) is 19.1. The third-order valence-electron chi connectivity index (χ3n) is 3.55. The number of nitrogens with one attached hydrogen (secondary N) is 1. The molecule has 0 fully saturated rings. The predicted octanol–water partition coefficient (Wildman–Crippen LogP) is 5.02. The lowest BCUT2D eigenvalue weighted by Crippen LogP contribution is -2.20. The highest BCUT2D eigenvalue weighted by molar-refractivity contribution is 6.39. The molecule has 0 aliphatic heterocycles. The highest BCUT2D eigenvalue weighted by atomic mass is 35.5. The summed E-state index contributed by atoms with van der Waals surface area (Å²) in [6.07, 6.45) is 2.75. The fourth-order valence-corrected chi connectivity index (χ4v) is 2.80. The molecule has 2 rings (SSSR count). The van der Waals surface area contributed by atoms with Crippen LogP contribution in [0.15, 0.2) is 54.6 Å². The Balaban J connectivity index is 2.33. The van der Waals surface area contributed by atoms with Crippen molar-refractivity contribution in [1.29, 1.82) is 0 Å². The van der Waals surface area contributed by atoms with Crippen LogP contribution < -0.4 is 5.32 Å². The molecule has 0 aliphatic rings. The number of aliphatic carboxylic acids is 1. The number of carbonyl (C=O) groups excluding carboxylic acids is 1. The van der Waals surface area contributed by atoms with E-state index in [1.165, 1.54) is 12.2 Å². The summed E-state index contributed by atoms with van der Waals surface area (Å²) in [5.74, 6) is -2.76. The summed E-state index contributed by atoms with van der Waals surface area (Å²) in [6, 6.07) is 11.9. The van der Waals surface area contributed by atoms with Crippen molar-refractivity contribution < 1.29 is 19.4 Å². The van der Waals surface area contributed by atoms with Gasteiger partial charge >= 0.3 is 11.9 Å². The van der Waals surface area contributed by atoms with Gasteiger partial charge in [-0.05, 0) is 30.7 Å². The summed E-state index contributed by atoms with van der Waals surface area (Å²) in [5.41, 5.74) is 1.43. The first-order valence-electron chi connectivity index (χ1n) is 7.76. The molecular weight excluding hydrogens is 377 g/mol. The van der Waals surface area contributed by atoms with Gasteiger partial charge in [0.05, 0.1) is 15.7 Å². The monoisotopic (exact) mass is 393 g/mol. The van der Waals surface area contributed by atoms with E-state index in [9.17, 15) is 14.7 Å². The molecule has 1 atom stereocenters. The fourth-order valence-electron chi connectivity index (χ4n) is 2.31. The van der Waals surface area contributed by atoms with E-state index >= 15 is 0 Å². The van der Waals surface area contributed by atoms with Gasteiger partial charge in [0.1, 0.15) is 12.5 Å². The summed E-state index contributed by atoms with van der Waals surface area (Å²) >= 11 is 12.3. The van der Waals surface area contributed by atoms with Crippen LogP contribution in [0.4, 0.5) is 11.4 Å². The SMILES string of the molecule is C/C=C/C(=O)OCC(C(=O)O)c1ccccc1Nc1c(Cl)cccc1Cl. The fraction of sp³-hybridized carbons (Fsp3) is 0.158. The number of ether oxygens (including phenoxy) is 1. The van der Waals surface area contributed by atoms with Crippen LogP contribution in [-0.2, 0) is 14.3 Å². The van der Waals surface area contributed by atoms with Gasteiger partial charge in [-0.3, -0.25) is 4.79 Å². The maximum Gasteiger partial charge on any atom is 0.330 e. The Morgan fingerprint density at radius 1 is 1.15 bits per heavy atom. The number of esters is 1. The van der Waals surface area contributed by atoms with Crippen molar-refractivity contribution in [2.24, 2.45) is 0 Å². The van der Waals surface area contributed by atoms with E-state index in [1.54, 1.807) is 49.4 Å². The summed E-state index contributed by atoms with van der Waals surface area (Å²) in [6.45, 7) is 1.37. The molecular formula is C19H17Cl2NO4. The van der Waals surface area contributed by atoms with E-state index in [0.717, 1.165) is 0 Å². The Morgan fingerprint density at radius 2 is 1.81 bits per heavy atom. The van der Waals surface area contributed by atoms with E-state index in [2.05, 4.69) is 5.32 Å². The van der Waals surface area contributed by atoms with E-state index in [-0.39, 0.29) is 6.61 Å². The second-order valence-corrected chi connectivity index (χ2v) is 6.14. The number of hydrogen-bond acceptors (Lipinski definition) is 4. The largest absolute Gasteiger partial charge is 0.481 e. The van der Waals surface area contributed by atoms with Crippen LogP contribution in [0, 0.1) is 0 Å². The van der Waals surface area contributed by atoms with E-state index in [0.29, 0.717) is 27.0 Å². The van der Waals surface area contributed by atoms with Crippen LogP contribution in [-0.4, -0.2) is 23.7 Å². The van der Waals surface area contributed by atoms with Crippen LogP contribution in [0.25, 0.3) is 0 Å². The molecule has 0 heterocycles. The van der Waals surface area contributed by atoms with Crippen molar-refractivity contribution in [3.8, 4) is 0 Å². The molecule has 0 aromatic heterocycles. The molecule has 7 heteroatoms. The maximum absolute atomic E-state index is 11.7. The van der Waals surface area contributed by atoms with E-state index in [1.807, 2.05) is 0 Å². The van der Waals surface area contributed by atoms with Gasteiger partial charge in [-0.2, -0.15) is 0 Å². The lowest BCUT2D eigenvalue weighted by Gasteiger charge is -2.19. The minimum absolute atomic E-state index is 0.298. The lowest BCUT2D eigenvalue weighted by atomic mass is 9.98. The number of halogens is 2. The topological polar surface area (TPSA) is 75.6 Å². The molecule has 26 heavy (non-hydrogen) atoms. The van der Waals surface area contributed by atoms with Gasteiger partial charge in [0.25, 0.3) is 0 Å². The molecule has 0 radical (unpaired) electrons. The smallest absolute Gasteiger partial charge is 0.330 e. The predicted molar refractivity (Wildman–Crippen MR) is 102 cm³/mol. The van der Waals surface area contributed by atoms with Gasteiger partial charge in [-0.25, -0.2) is 4.79 Å². The number of hydrogen-bond donors (Lipinski definition) is 2. The number of rotatable bonds is 7. The number of allylic oxidation sites excluding steroid dienone is 1. The molecule has 2 N–H and O–H groups in total. The van der Waals surface area contributed by atoms with Gasteiger partial charge in [0.15, 0.2) is 0 Å². The maximum atomic E-state index is 11.7. The third-order valence-corrected chi connectivity index (χ3v) is 4.18. The standard InChI is InChI=1S/C19H17Cl2NO4/c1-2-6-17(23)26-11-13(19(24)25)12-7-3-4-10-16(12)22-18-14(20)8-5-9-15(18)21/h2-10,13,22H,11H2,1H3,(H,24,25)/b6-2+. The molecule has 2 aromatic carbocycles. The summed E-state index contributed by atoms with van der Waals surface area (Å²) < 4.78 is 5.03. The van der Waals surface area contributed by atoms with Crippen molar-refractivity contribution in [3.05, 3.63) is 70.2 Å². The molecule has 0 saturated carbocycles. The lowest BCUT2D eigenvalue weighted by molar-refractivity contribution is -0.144. The minimum Gasteiger partial charge on any atom is -0.481 e. The minimum atomic E-state index is -1.11. The number of carboxylic acids is 1. The van der Waals surface area contributed by atoms with Crippen LogP contribution in [0.5, 0.6) is 0 Å². The molecule has 1 unspecified atom stereocenters. The highest BCUT2D eigenvalue weighted by Gasteiger charge is 2.24. The third kappa shape index (κ3) is 5.00. The molecule has 0 amide bonds. The summed E-state index contributed by atoms with van der Waals surface area (Å²) in [7, 11) is 0. The van der Waals surface area contributed by atoms with Gasteiger partial charge < -0.3 is 15.2 Å². The Labute approximate surface area is 161 Å². The quantitative estimate of drug-likeness (QED) is 0.509. The van der Waals surface area contributed by atoms with Crippen molar-refractivity contribution in [2.45, 2.75) is 12.8 Å². The van der Waals surface area contributed by atoms with Gasteiger partial charge in [-0.1, -0.05) is 53.5 Å². The van der Waals surface area contributed by atoms with Gasteiger partial charge in [0, 0.05) is 11.8 Å². The first-order valence-corrected chi connectivity index (χ1v) is 8.51. The number of anilines is 2. The van der Waals surface area contributed by atoms with Crippen LogP contribution in [0.1, 0.15) is 18.4 Å². The summed E-state index contributed by atoms with van der Waals surface area (Å²) in [5, 5.41) is 13.5. The molecule has 0 aliphatic carbocycles. The van der Waals surface area contributed by atoms with E-state index in [4.69, 9.17) is 27.9 Å². The Kier molecular flexibility index (Phi) is 7.06. The second kappa shape index (κ2) is 9.27. The molecule has 0 spiro atoms. The zero-order valence-electron chi connectivity index (χ0n) is 13.9. The molecule has 5 nitrogen and oxygen atoms in total. The Morgan fingerprint density at radius 3 is 2.42 bits per heavy atom. The number of carbonyl (C=O) groups is 2.